The number of piperidine rings is 1. The van der Waals surface area contributed by atoms with Crippen molar-refractivity contribution < 1.29 is 19.7 Å². The van der Waals surface area contributed by atoms with Crippen LogP contribution in [0.3, 0.4) is 0 Å². The first-order chi connectivity index (χ1) is 15.8. The Morgan fingerprint density at radius 3 is 2.50 bits per heavy atom. The molecule has 0 aromatic heterocycles. The van der Waals surface area contributed by atoms with Gasteiger partial charge in [0.25, 0.3) is 0 Å². The van der Waals surface area contributed by atoms with Crippen molar-refractivity contribution in [3.05, 3.63) is 23.3 Å². The Morgan fingerprint density at radius 1 is 1.18 bits per heavy atom. The van der Waals surface area contributed by atoms with Gasteiger partial charge in [-0.05, 0) is 80.9 Å². The SMILES string of the molecule is CO[C@]1(C)[C@@H](C(C)(O)C(C)(C)C)C[C@]2(C)C3Cc4ccc(O)c5c4[C@@]2(CCN3CC2CC2)[C@H]1O5. The highest BCUT2D eigenvalue weighted by Gasteiger charge is 2.77. The van der Waals surface area contributed by atoms with Crippen LogP contribution in [0.4, 0.5) is 0 Å². The van der Waals surface area contributed by atoms with E-state index in [2.05, 4.69) is 45.6 Å². The molecule has 0 amide bonds. The lowest BCUT2D eigenvalue weighted by molar-refractivity contribution is -0.270. The maximum atomic E-state index is 12.2. The molecule has 3 aliphatic carbocycles. The van der Waals surface area contributed by atoms with Gasteiger partial charge in [-0.15, -0.1) is 0 Å². The largest absolute Gasteiger partial charge is 0.504 e. The molecule has 5 heteroatoms. The van der Waals surface area contributed by atoms with Crippen LogP contribution in [-0.2, 0) is 16.6 Å². The number of benzene rings is 1. The highest BCUT2D eigenvalue weighted by Crippen LogP contribution is 2.73. The van der Waals surface area contributed by atoms with Crippen molar-refractivity contribution in [2.75, 3.05) is 20.2 Å². The lowest BCUT2D eigenvalue weighted by atomic mass is 9.38. The van der Waals surface area contributed by atoms with Crippen LogP contribution in [0.1, 0.15) is 78.4 Å². The lowest BCUT2D eigenvalue weighted by Crippen LogP contribution is -2.79. The number of aromatic hydroxyl groups is 1. The minimum absolute atomic E-state index is 0.0885. The Kier molecular flexibility index (Phi) is 4.57. The quantitative estimate of drug-likeness (QED) is 0.672. The summed E-state index contributed by atoms with van der Waals surface area (Å²) < 4.78 is 13.3. The van der Waals surface area contributed by atoms with Crippen molar-refractivity contribution in [1.82, 2.24) is 4.90 Å². The number of hydrogen-bond acceptors (Lipinski definition) is 5. The molecular weight excluding hydrogens is 426 g/mol. The first kappa shape index (κ1) is 23.1. The number of methoxy groups -OCH3 is 1. The lowest BCUT2D eigenvalue weighted by Gasteiger charge is -2.70. The molecule has 2 bridgehead atoms. The highest BCUT2D eigenvalue weighted by atomic mass is 16.6. The maximum Gasteiger partial charge on any atom is 0.165 e. The van der Waals surface area contributed by atoms with Crippen LogP contribution < -0.4 is 4.74 Å². The third-order valence-corrected chi connectivity index (χ3v) is 11.4. The van der Waals surface area contributed by atoms with Crippen LogP contribution in [0.5, 0.6) is 11.5 Å². The second-order valence-corrected chi connectivity index (χ2v) is 13.8. The van der Waals surface area contributed by atoms with Gasteiger partial charge in [0.05, 0.1) is 5.60 Å². The number of aliphatic hydroxyl groups is 1. The van der Waals surface area contributed by atoms with Crippen LogP contribution in [0.2, 0.25) is 0 Å². The summed E-state index contributed by atoms with van der Waals surface area (Å²) >= 11 is 0. The van der Waals surface area contributed by atoms with Crippen LogP contribution >= 0.6 is 0 Å². The van der Waals surface area contributed by atoms with Gasteiger partial charge in [0, 0.05) is 36.6 Å². The highest BCUT2D eigenvalue weighted by molar-refractivity contribution is 5.62. The fourth-order valence-corrected chi connectivity index (χ4v) is 8.72. The van der Waals surface area contributed by atoms with E-state index in [0.717, 1.165) is 31.7 Å². The van der Waals surface area contributed by atoms with E-state index >= 15 is 0 Å². The number of hydrogen-bond donors (Lipinski definition) is 2. The molecule has 5 nitrogen and oxygen atoms in total. The van der Waals surface area contributed by atoms with Crippen LogP contribution in [0, 0.1) is 22.7 Å². The number of rotatable bonds is 4. The minimum atomic E-state index is -0.960. The molecule has 1 saturated heterocycles. The molecule has 1 spiro atoms. The van der Waals surface area contributed by atoms with E-state index in [1.807, 2.05) is 13.0 Å². The molecule has 2 aliphatic heterocycles. The number of likely N-dealkylation sites (tertiary alicyclic amines) is 1. The summed E-state index contributed by atoms with van der Waals surface area (Å²) in [5, 5.41) is 23.1. The number of ether oxygens (including phenoxy) is 2. The second-order valence-electron chi connectivity index (χ2n) is 13.8. The predicted molar refractivity (Wildman–Crippen MR) is 132 cm³/mol. The molecule has 2 N–H and O–H groups in total. The summed E-state index contributed by atoms with van der Waals surface area (Å²) in [7, 11) is 1.78. The standard InChI is InChI=1S/C29H43NO4/c1-25(2,3)28(6,32)20-15-26(4)21-14-18-10-11-19(31)23-22(18)29(26,24(34-23)27(20,5)33-7)12-13-30(21)16-17-8-9-17/h10-11,17,20-21,24,31-32H,8-9,12-16H2,1-7H3/t20-,21?,24-,26+,27+,28?,29-/m0/s1. The Hall–Kier alpha value is -1.30. The zero-order chi connectivity index (χ0) is 24.5. The normalized spacial score (nSPS) is 42.6. The monoisotopic (exact) mass is 469 g/mol. The molecule has 0 radical (unpaired) electrons. The second kappa shape index (κ2) is 6.72. The van der Waals surface area contributed by atoms with Gasteiger partial charge in [-0.1, -0.05) is 33.8 Å². The summed E-state index contributed by atoms with van der Waals surface area (Å²) in [6.07, 6.45) is 5.32. The van der Waals surface area contributed by atoms with Gasteiger partial charge >= 0.3 is 0 Å². The van der Waals surface area contributed by atoms with Gasteiger partial charge in [-0.25, -0.2) is 0 Å². The molecule has 1 aromatic carbocycles. The van der Waals surface area contributed by atoms with Crippen LogP contribution in [-0.4, -0.2) is 58.7 Å². The first-order valence-electron chi connectivity index (χ1n) is 13.3. The summed E-state index contributed by atoms with van der Waals surface area (Å²) in [6.45, 7) is 15.3. The third-order valence-electron chi connectivity index (χ3n) is 11.4. The molecule has 188 valence electrons. The van der Waals surface area contributed by atoms with Crippen molar-refractivity contribution >= 4 is 0 Å². The summed E-state index contributed by atoms with van der Waals surface area (Å²) in [5.74, 6) is 1.63. The number of phenolic OH excluding ortho intramolecular Hbond substituents is 1. The van der Waals surface area contributed by atoms with Gasteiger partial charge in [-0.3, -0.25) is 4.90 Å². The van der Waals surface area contributed by atoms with E-state index in [1.165, 1.54) is 30.5 Å². The molecule has 2 unspecified atom stereocenters. The van der Waals surface area contributed by atoms with E-state index in [9.17, 15) is 10.2 Å². The summed E-state index contributed by atoms with van der Waals surface area (Å²) in [5.41, 5.74) is 0.271. The Bertz CT molecular complexity index is 1030. The van der Waals surface area contributed by atoms with Crippen molar-refractivity contribution in [2.24, 2.45) is 22.7 Å². The van der Waals surface area contributed by atoms with Gasteiger partial charge in [0.1, 0.15) is 11.7 Å². The van der Waals surface area contributed by atoms with Crippen LogP contribution in [0.25, 0.3) is 0 Å². The molecule has 6 rings (SSSR count). The van der Waals surface area contributed by atoms with Gasteiger partial charge in [0.15, 0.2) is 11.5 Å². The molecule has 2 saturated carbocycles. The number of nitrogens with zero attached hydrogens (tertiary/aromatic N) is 1. The van der Waals surface area contributed by atoms with E-state index in [-0.39, 0.29) is 34.0 Å². The topological polar surface area (TPSA) is 62.2 Å². The van der Waals surface area contributed by atoms with E-state index in [0.29, 0.717) is 11.8 Å². The molecule has 7 atom stereocenters. The average molecular weight is 470 g/mol. The molecule has 5 aliphatic rings. The zero-order valence-corrected chi connectivity index (χ0v) is 22.1. The van der Waals surface area contributed by atoms with E-state index < -0.39 is 11.2 Å². The van der Waals surface area contributed by atoms with Gasteiger partial charge in [-0.2, -0.15) is 0 Å². The Morgan fingerprint density at radius 2 is 1.88 bits per heavy atom. The van der Waals surface area contributed by atoms with Gasteiger partial charge < -0.3 is 19.7 Å². The summed E-state index contributed by atoms with van der Waals surface area (Å²) in [4.78, 5) is 2.77. The predicted octanol–water partition coefficient (Wildman–Crippen LogP) is 4.66. The maximum absolute atomic E-state index is 12.2. The Balaban J connectivity index is 1.59. The number of phenols is 1. The fraction of sp³-hybridized carbons (Fsp3) is 0.793. The van der Waals surface area contributed by atoms with Crippen molar-refractivity contribution in [3.63, 3.8) is 0 Å². The van der Waals surface area contributed by atoms with E-state index in [4.69, 9.17) is 9.47 Å². The average Bonchev–Trinajstić information content (AvgIpc) is 3.49. The molecule has 1 aromatic rings. The fourth-order valence-electron chi connectivity index (χ4n) is 8.72. The van der Waals surface area contributed by atoms with Gasteiger partial charge in [0.2, 0.25) is 0 Å². The smallest absolute Gasteiger partial charge is 0.165 e. The zero-order valence-electron chi connectivity index (χ0n) is 22.1. The molecule has 2 heterocycles. The minimum Gasteiger partial charge on any atom is -0.504 e. The van der Waals surface area contributed by atoms with Crippen molar-refractivity contribution in [3.8, 4) is 11.5 Å². The van der Waals surface area contributed by atoms with Crippen molar-refractivity contribution in [2.45, 2.75) is 102 Å². The molecule has 34 heavy (non-hydrogen) atoms. The van der Waals surface area contributed by atoms with E-state index in [1.54, 1.807) is 7.11 Å². The van der Waals surface area contributed by atoms with Crippen LogP contribution in [0.15, 0.2) is 12.1 Å². The molecule has 3 fully saturated rings. The van der Waals surface area contributed by atoms with Crippen molar-refractivity contribution in [1.29, 1.82) is 0 Å². The first-order valence-corrected chi connectivity index (χ1v) is 13.3. The Labute approximate surface area is 204 Å². The molecular formula is C29H43NO4. The third kappa shape index (κ3) is 2.57. The summed E-state index contributed by atoms with van der Waals surface area (Å²) in [6, 6.07) is 4.35.